The number of nitrogens with one attached hydrogen (secondary N) is 1. The molecule has 2 aromatic carbocycles. The van der Waals surface area contributed by atoms with Gasteiger partial charge < -0.3 is 10.1 Å². The van der Waals surface area contributed by atoms with Gasteiger partial charge in [0.2, 0.25) is 0 Å². The Morgan fingerprint density at radius 3 is 2.73 bits per heavy atom. The molecule has 0 amide bonds. The summed E-state index contributed by atoms with van der Waals surface area (Å²) in [5.41, 5.74) is 2.14. The number of carboxylic acids is 1. The van der Waals surface area contributed by atoms with Crippen molar-refractivity contribution >= 4 is 34.5 Å². The van der Waals surface area contributed by atoms with Gasteiger partial charge in [-0.05, 0) is 56.5 Å². The van der Waals surface area contributed by atoms with E-state index in [4.69, 9.17) is 16.7 Å². The van der Waals surface area contributed by atoms with Crippen LogP contribution < -0.4 is 0 Å². The lowest BCUT2D eigenvalue weighted by atomic mass is 9.87. The average Bonchev–Trinajstić information content (AvgIpc) is 3.06. The Morgan fingerprint density at radius 2 is 2.06 bits per heavy atom. The van der Waals surface area contributed by atoms with Crippen LogP contribution in [0.4, 0.5) is 8.78 Å². The van der Waals surface area contributed by atoms with E-state index in [9.17, 15) is 9.18 Å². The number of para-hydroxylation sites is 1. The fraction of sp³-hybridized carbons (Fsp3) is 0.346. The molecule has 0 radical (unpaired) electrons. The molecular formula is C26H27ClF2N2O2. The largest absolute Gasteiger partial charge is 0.481 e. The summed E-state index contributed by atoms with van der Waals surface area (Å²) in [6.45, 7) is 5.18. The molecule has 4 nitrogen and oxygen atoms in total. The number of fused-ring (bicyclic) bond motifs is 3. The highest BCUT2D eigenvalue weighted by atomic mass is 35.5. The molecule has 174 valence electrons. The van der Waals surface area contributed by atoms with Crippen molar-refractivity contribution in [3.63, 3.8) is 0 Å². The van der Waals surface area contributed by atoms with Crippen LogP contribution in [0.25, 0.3) is 17.0 Å². The van der Waals surface area contributed by atoms with E-state index < -0.39 is 23.5 Å². The van der Waals surface area contributed by atoms with Crippen molar-refractivity contribution in [1.82, 2.24) is 9.88 Å². The number of H-pyrrole nitrogens is 1. The number of nitrogens with zero attached hydrogens (tertiary/aromatic N) is 1. The van der Waals surface area contributed by atoms with Crippen LogP contribution in [0.5, 0.6) is 0 Å². The molecule has 33 heavy (non-hydrogen) atoms. The summed E-state index contributed by atoms with van der Waals surface area (Å²) in [7, 11) is 0. The number of aliphatic carboxylic acids is 1. The minimum atomic E-state index is -1.49. The lowest BCUT2D eigenvalue weighted by Gasteiger charge is -2.43. The minimum absolute atomic E-state index is 0.0395. The molecule has 1 aromatic heterocycles. The van der Waals surface area contributed by atoms with E-state index in [-0.39, 0.29) is 29.6 Å². The number of hydrogen-bond donors (Lipinski definition) is 2. The van der Waals surface area contributed by atoms with Gasteiger partial charge in [-0.2, -0.15) is 0 Å². The highest BCUT2D eigenvalue weighted by Crippen LogP contribution is 2.44. The molecule has 2 atom stereocenters. The molecule has 0 fully saturated rings. The molecule has 7 heteroatoms. The molecule has 0 unspecified atom stereocenters. The van der Waals surface area contributed by atoms with Gasteiger partial charge in [0.05, 0.1) is 12.5 Å². The molecule has 1 aliphatic rings. The molecule has 3 aromatic rings. The molecule has 0 bridgehead atoms. The van der Waals surface area contributed by atoms with Gasteiger partial charge in [-0.25, -0.2) is 8.78 Å². The van der Waals surface area contributed by atoms with Crippen LogP contribution in [0.2, 0.25) is 5.02 Å². The fourth-order valence-electron chi connectivity index (χ4n) is 4.76. The van der Waals surface area contributed by atoms with E-state index in [1.165, 1.54) is 32.1 Å². The molecule has 0 saturated heterocycles. The van der Waals surface area contributed by atoms with E-state index >= 15 is 4.39 Å². The van der Waals surface area contributed by atoms with Crippen LogP contribution in [0.1, 0.15) is 55.6 Å². The summed E-state index contributed by atoms with van der Waals surface area (Å²) < 4.78 is 30.4. The minimum Gasteiger partial charge on any atom is -0.481 e. The third-order valence-corrected chi connectivity index (χ3v) is 6.37. The number of aromatic amines is 1. The van der Waals surface area contributed by atoms with Gasteiger partial charge in [0, 0.05) is 39.8 Å². The quantitative estimate of drug-likeness (QED) is 0.428. The third-order valence-electron chi connectivity index (χ3n) is 6.05. The number of carbonyl (C=O) groups is 1. The van der Waals surface area contributed by atoms with Gasteiger partial charge >= 0.3 is 5.97 Å². The van der Waals surface area contributed by atoms with Crippen molar-refractivity contribution in [2.75, 3.05) is 6.54 Å². The SMILES string of the molecule is C[C@@H]1Cc2c([nH]c3ccccc23)[C@@H](c2c(F)cc(/C=C/CC(=O)O)cc2Cl)N1CC(C)(C)F. The average molecular weight is 473 g/mol. The topological polar surface area (TPSA) is 56.3 Å². The molecule has 2 heterocycles. The summed E-state index contributed by atoms with van der Waals surface area (Å²) in [5.74, 6) is -1.48. The van der Waals surface area contributed by atoms with Gasteiger partial charge in [-0.3, -0.25) is 9.69 Å². The summed E-state index contributed by atoms with van der Waals surface area (Å²) in [6.07, 6.45) is 3.52. The number of halogens is 3. The first-order valence-electron chi connectivity index (χ1n) is 11.0. The molecule has 0 saturated carbocycles. The fourth-order valence-corrected chi connectivity index (χ4v) is 5.08. The van der Waals surface area contributed by atoms with Crippen LogP contribution in [-0.2, 0) is 11.2 Å². The normalized spacial score (nSPS) is 19.3. The summed E-state index contributed by atoms with van der Waals surface area (Å²) >= 11 is 6.63. The second-order valence-corrected chi connectivity index (χ2v) is 9.72. The summed E-state index contributed by atoms with van der Waals surface area (Å²) in [4.78, 5) is 16.2. The molecule has 0 spiro atoms. The number of aromatic nitrogens is 1. The molecule has 0 aliphatic carbocycles. The van der Waals surface area contributed by atoms with E-state index in [1.54, 1.807) is 6.07 Å². The monoisotopic (exact) mass is 472 g/mol. The van der Waals surface area contributed by atoms with Crippen LogP contribution >= 0.6 is 11.6 Å². The second kappa shape index (κ2) is 8.92. The second-order valence-electron chi connectivity index (χ2n) is 9.31. The molecular weight excluding hydrogens is 446 g/mol. The molecule has 2 N–H and O–H groups in total. The zero-order valence-electron chi connectivity index (χ0n) is 18.8. The predicted octanol–water partition coefficient (Wildman–Crippen LogP) is 6.53. The molecule has 4 rings (SSSR count). The van der Waals surface area contributed by atoms with Gasteiger partial charge in [0.1, 0.15) is 11.5 Å². The Kier molecular flexibility index (Phi) is 6.34. The van der Waals surface area contributed by atoms with Crippen molar-refractivity contribution in [3.8, 4) is 0 Å². The van der Waals surface area contributed by atoms with Gasteiger partial charge in [-0.15, -0.1) is 0 Å². The third kappa shape index (κ3) is 4.82. The maximum Gasteiger partial charge on any atom is 0.307 e. The zero-order valence-corrected chi connectivity index (χ0v) is 19.6. The Morgan fingerprint density at radius 1 is 1.33 bits per heavy atom. The van der Waals surface area contributed by atoms with Crippen LogP contribution in [0.15, 0.2) is 42.5 Å². The van der Waals surface area contributed by atoms with Gasteiger partial charge in [0.15, 0.2) is 0 Å². The van der Waals surface area contributed by atoms with E-state index in [1.807, 2.05) is 36.1 Å². The highest BCUT2D eigenvalue weighted by Gasteiger charge is 2.40. The van der Waals surface area contributed by atoms with Gasteiger partial charge in [-0.1, -0.05) is 42.0 Å². The van der Waals surface area contributed by atoms with Crippen molar-refractivity contribution < 1.29 is 18.7 Å². The van der Waals surface area contributed by atoms with Crippen LogP contribution in [-0.4, -0.2) is 39.2 Å². The van der Waals surface area contributed by atoms with E-state index in [2.05, 4.69) is 4.98 Å². The first-order valence-corrected chi connectivity index (χ1v) is 11.3. The number of alkyl halides is 1. The maximum atomic E-state index is 15.6. The number of benzene rings is 2. The summed E-state index contributed by atoms with van der Waals surface area (Å²) in [6, 6.07) is 10.3. The lowest BCUT2D eigenvalue weighted by molar-refractivity contribution is -0.135. The van der Waals surface area contributed by atoms with Crippen molar-refractivity contribution in [2.24, 2.45) is 0 Å². The summed E-state index contributed by atoms with van der Waals surface area (Å²) in [5, 5.41) is 10.1. The van der Waals surface area contributed by atoms with Gasteiger partial charge in [0.25, 0.3) is 0 Å². The van der Waals surface area contributed by atoms with Crippen LogP contribution in [0.3, 0.4) is 0 Å². The zero-order chi connectivity index (χ0) is 23.9. The maximum absolute atomic E-state index is 15.6. The Balaban J connectivity index is 1.87. The smallest absolute Gasteiger partial charge is 0.307 e. The number of rotatable bonds is 6. The number of carboxylic acid groups (broad SMARTS) is 1. The highest BCUT2D eigenvalue weighted by molar-refractivity contribution is 6.31. The number of hydrogen-bond acceptors (Lipinski definition) is 2. The van der Waals surface area contributed by atoms with Crippen LogP contribution in [0, 0.1) is 5.82 Å². The Labute approximate surface area is 196 Å². The lowest BCUT2D eigenvalue weighted by Crippen LogP contribution is -2.48. The first-order chi connectivity index (χ1) is 15.5. The Hall–Kier alpha value is -2.70. The van der Waals surface area contributed by atoms with Crippen molar-refractivity contribution in [2.45, 2.75) is 51.4 Å². The van der Waals surface area contributed by atoms with Crippen molar-refractivity contribution in [1.29, 1.82) is 0 Å². The predicted molar refractivity (Wildman–Crippen MR) is 128 cm³/mol. The van der Waals surface area contributed by atoms with E-state index in [0.717, 1.165) is 22.2 Å². The van der Waals surface area contributed by atoms with Crippen molar-refractivity contribution in [3.05, 3.63) is 75.7 Å². The first kappa shape index (κ1) is 23.5. The molecule has 1 aliphatic heterocycles. The Bertz CT molecular complexity index is 1210. The van der Waals surface area contributed by atoms with E-state index in [0.29, 0.717) is 12.0 Å². The standard InChI is InChI=1S/C26H27ClF2N2O2/c1-15-11-18-17-8-4-5-9-21(17)30-24(18)25(31(15)14-26(2,3)29)23-19(27)12-16(13-20(23)28)7-6-10-22(32)33/h4-9,12-13,15,25,30H,10-11,14H2,1-3H3,(H,32,33)/b7-6+/t15-,25-/m1/s1.